The van der Waals surface area contributed by atoms with Crippen molar-refractivity contribution in [1.29, 1.82) is 0 Å². The van der Waals surface area contributed by atoms with Gasteiger partial charge in [-0.25, -0.2) is 8.42 Å². The van der Waals surface area contributed by atoms with Crippen molar-refractivity contribution in [2.24, 2.45) is 0 Å². The molecule has 0 aromatic heterocycles. The molecule has 0 saturated heterocycles. The molecule has 4 heteroatoms. The SMILES string of the molecule is CCCc1ccc(NS(=O)(=O)c2cccc(C)c2)cc1. The van der Waals surface area contributed by atoms with E-state index in [-0.39, 0.29) is 4.90 Å². The van der Waals surface area contributed by atoms with Crippen molar-refractivity contribution in [1.82, 2.24) is 0 Å². The maximum Gasteiger partial charge on any atom is 0.261 e. The Morgan fingerprint density at radius 1 is 1.05 bits per heavy atom. The molecule has 106 valence electrons. The lowest BCUT2D eigenvalue weighted by atomic mass is 10.1. The highest BCUT2D eigenvalue weighted by Crippen LogP contribution is 2.17. The molecule has 0 aliphatic rings. The summed E-state index contributed by atoms with van der Waals surface area (Å²) in [6, 6.07) is 14.4. The molecular formula is C16H19NO2S. The fraction of sp³-hybridized carbons (Fsp3) is 0.250. The van der Waals surface area contributed by atoms with Gasteiger partial charge in [-0.3, -0.25) is 4.72 Å². The summed E-state index contributed by atoms with van der Waals surface area (Å²) in [5.74, 6) is 0. The molecular weight excluding hydrogens is 270 g/mol. The minimum absolute atomic E-state index is 0.287. The summed E-state index contributed by atoms with van der Waals surface area (Å²) in [6.45, 7) is 3.99. The monoisotopic (exact) mass is 289 g/mol. The quantitative estimate of drug-likeness (QED) is 0.911. The Kier molecular flexibility index (Phi) is 4.45. The highest BCUT2D eigenvalue weighted by molar-refractivity contribution is 7.92. The number of aryl methyl sites for hydroxylation is 2. The summed E-state index contributed by atoms with van der Waals surface area (Å²) < 4.78 is 27.1. The van der Waals surface area contributed by atoms with Gasteiger partial charge in [0, 0.05) is 5.69 Å². The van der Waals surface area contributed by atoms with E-state index in [9.17, 15) is 8.42 Å². The first-order chi connectivity index (χ1) is 9.51. The lowest BCUT2D eigenvalue weighted by molar-refractivity contribution is 0.601. The van der Waals surface area contributed by atoms with Gasteiger partial charge in [0.25, 0.3) is 10.0 Å². The third kappa shape index (κ3) is 3.61. The molecule has 0 amide bonds. The topological polar surface area (TPSA) is 46.2 Å². The Labute approximate surface area is 120 Å². The van der Waals surface area contributed by atoms with Gasteiger partial charge < -0.3 is 0 Å². The number of rotatable bonds is 5. The molecule has 0 saturated carbocycles. The van der Waals surface area contributed by atoms with Gasteiger partial charge in [-0.1, -0.05) is 37.6 Å². The van der Waals surface area contributed by atoms with E-state index in [4.69, 9.17) is 0 Å². The molecule has 0 spiro atoms. The van der Waals surface area contributed by atoms with Crippen molar-refractivity contribution < 1.29 is 8.42 Å². The van der Waals surface area contributed by atoms with Crippen LogP contribution < -0.4 is 4.72 Å². The maximum absolute atomic E-state index is 12.3. The number of hydrogen-bond donors (Lipinski definition) is 1. The van der Waals surface area contributed by atoms with Gasteiger partial charge in [0.05, 0.1) is 4.90 Å². The Balaban J connectivity index is 2.20. The fourth-order valence-corrected chi connectivity index (χ4v) is 3.19. The first-order valence-electron chi connectivity index (χ1n) is 6.69. The van der Waals surface area contributed by atoms with Gasteiger partial charge in [-0.15, -0.1) is 0 Å². The largest absolute Gasteiger partial charge is 0.280 e. The van der Waals surface area contributed by atoms with Crippen LogP contribution in [0.3, 0.4) is 0 Å². The van der Waals surface area contributed by atoms with Gasteiger partial charge in [0.2, 0.25) is 0 Å². The van der Waals surface area contributed by atoms with Crippen LogP contribution in [0.25, 0.3) is 0 Å². The van der Waals surface area contributed by atoms with Crippen molar-refractivity contribution in [2.75, 3.05) is 4.72 Å². The molecule has 20 heavy (non-hydrogen) atoms. The molecule has 2 aromatic carbocycles. The van der Waals surface area contributed by atoms with E-state index in [2.05, 4.69) is 11.6 Å². The van der Waals surface area contributed by atoms with Crippen molar-refractivity contribution >= 4 is 15.7 Å². The van der Waals surface area contributed by atoms with Crippen LogP contribution in [-0.4, -0.2) is 8.42 Å². The first-order valence-corrected chi connectivity index (χ1v) is 8.18. The van der Waals surface area contributed by atoms with Crippen LogP contribution in [0.1, 0.15) is 24.5 Å². The molecule has 3 nitrogen and oxygen atoms in total. The van der Waals surface area contributed by atoms with Crippen molar-refractivity contribution in [3.63, 3.8) is 0 Å². The average Bonchev–Trinajstić information content (AvgIpc) is 2.41. The second-order valence-corrected chi connectivity index (χ2v) is 6.55. The zero-order valence-corrected chi connectivity index (χ0v) is 12.6. The van der Waals surface area contributed by atoms with Crippen LogP contribution in [0, 0.1) is 6.92 Å². The summed E-state index contributed by atoms with van der Waals surface area (Å²) in [5, 5.41) is 0. The highest BCUT2D eigenvalue weighted by Gasteiger charge is 2.13. The summed E-state index contributed by atoms with van der Waals surface area (Å²) in [6.07, 6.45) is 2.08. The van der Waals surface area contributed by atoms with E-state index in [1.165, 1.54) is 5.56 Å². The molecule has 0 aliphatic heterocycles. The van der Waals surface area contributed by atoms with Gasteiger partial charge in [-0.05, 0) is 48.7 Å². The van der Waals surface area contributed by atoms with Crippen LogP contribution in [0.2, 0.25) is 0 Å². The summed E-state index contributed by atoms with van der Waals surface area (Å²) in [4.78, 5) is 0.287. The van der Waals surface area contributed by atoms with E-state index < -0.39 is 10.0 Å². The molecule has 0 unspecified atom stereocenters. The second kappa shape index (κ2) is 6.09. The summed E-state index contributed by atoms with van der Waals surface area (Å²) in [5.41, 5.74) is 2.73. The molecule has 0 atom stereocenters. The molecule has 0 radical (unpaired) electrons. The van der Waals surface area contributed by atoms with E-state index in [1.807, 2.05) is 25.1 Å². The van der Waals surface area contributed by atoms with Crippen LogP contribution in [0.15, 0.2) is 53.4 Å². The van der Waals surface area contributed by atoms with Gasteiger partial charge in [0.15, 0.2) is 0 Å². The van der Waals surface area contributed by atoms with Crippen LogP contribution in [0.4, 0.5) is 5.69 Å². The van der Waals surface area contributed by atoms with Crippen LogP contribution >= 0.6 is 0 Å². The zero-order chi connectivity index (χ0) is 14.6. The molecule has 0 heterocycles. The number of nitrogens with one attached hydrogen (secondary N) is 1. The summed E-state index contributed by atoms with van der Waals surface area (Å²) >= 11 is 0. The van der Waals surface area contributed by atoms with Crippen molar-refractivity contribution in [3.05, 3.63) is 59.7 Å². The first kappa shape index (κ1) is 14.6. The predicted octanol–water partition coefficient (Wildman–Crippen LogP) is 3.75. The smallest absolute Gasteiger partial charge is 0.261 e. The lowest BCUT2D eigenvalue weighted by Gasteiger charge is -2.09. The predicted molar refractivity (Wildman–Crippen MR) is 82.4 cm³/mol. The van der Waals surface area contributed by atoms with E-state index >= 15 is 0 Å². The van der Waals surface area contributed by atoms with Gasteiger partial charge in [0.1, 0.15) is 0 Å². The molecule has 2 aromatic rings. The maximum atomic E-state index is 12.3. The third-order valence-corrected chi connectivity index (χ3v) is 4.42. The standard InChI is InChI=1S/C16H19NO2S/c1-3-5-14-8-10-15(11-9-14)17-20(18,19)16-7-4-6-13(2)12-16/h4,6-12,17H,3,5H2,1-2H3. The molecule has 0 fully saturated rings. The Morgan fingerprint density at radius 2 is 1.75 bits per heavy atom. The number of benzene rings is 2. The van der Waals surface area contributed by atoms with E-state index in [0.29, 0.717) is 5.69 Å². The van der Waals surface area contributed by atoms with Crippen LogP contribution in [-0.2, 0) is 16.4 Å². The van der Waals surface area contributed by atoms with Crippen molar-refractivity contribution in [2.45, 2.75) is 31.6 Å². The number of hydrogen-bond acceptors (Lipinski definition) is 2. The Hall–Kier alpha value is -1.81. The van der Waals surface area contributed by atoms with Gasteiger partial charge in [-0.2, -0.15) is 0 Å². The van der Waals surface area contributed by atoms with E-state index in [0.717, 1.165) is 18.4 Å². The summed E-state index contributed by atoms with van der Waals surface area (Å²) in [7, 11) is -3.51. The molecule has 0 bridgehead atoms. The average molecular weight is 289 g/mol. The van der Waals surface area contributed by atoms with Crippen molar-refractivity contribution in [3.8, 4) is 0 Å². The molecule has 0 aliphatic carbocycles. The minimum Gasteiger partial charge on any atom is -0.280 e. The van der Waals surface area contributed by atoms with Crippen LogP contribution in [0.5, 0.6) is 0 Å². The highest BCUT2D eigenvalue weighted by atomic mass is 32.2. The lowest BCUT2D eigenvalue weighted by Crippen LogP contribution is -2.13. The normalized spacial score (nSPS) is 11.3. The van der Waals surface area contributed by atoms with Gasteiger partial charge >= 0.3 is 0 Å². The van der Waals surface area contributed by atoms with E-state index in [1.54, 1.807) is 30.3 Å². The number of anilines is 1. The second-order valence-electron chi connectivity index (χ2n) is 4.87. The number of sulfonamides is 1. The molecule has 1 N–H and O–H groups in total. The fourth-order valence-electron chi connectivity index (χ4n) is 2.02. The third-order valence-electron chi connectivity index (χ3n) is 3.04. The zero-order valence-electron chi connectivity index (χ0n) is 11.8. The molecule has 2 rings (SSSR count). The Morgan fingerprint density at radius 3 is 2.35 bits per heavy atom. The Bertz CT molecular complexity index is 676. The minimum atomic E-state index is -3.51.